The van der Waals surface area contributed by atoms with E-state index in [1.165, 1.54) is 51.4 Å². The predicted molar refractivity (Wildman–Crippen MR) is 81.4 cm³/mol. The number of unbranched alkanes of at least 4 members (excludes halogenated alkanes) is 7. The first-order chi connectivity index (χ1) is 8.81. The standard InChI is InChI=1S/C15H30O2S/c1-3-4-5-6-7-8-9-10-11-17-12-13-18-15(2)14-16/h14-15H,3-13H2,1-2H3. The van der Waals surface area contributed by atoms with Crippen molar-refractivity contribution in [3.05, 3.63) is 0 Å². The van der Waals surface area contributed by atoms with E-state index in [2.05, 4.69) is 6.92 Å². The Morgan fingerprint density at radius 3 is 2.22 bits per heavy atom. The molecule has 3 heteroatoms. The molecule has 108 valence electrons. The molecule has 0 spiro atoms. The summed E-state index contributed by atoms with van der Waals surface area (Å²) < 4.78 is 5.54. The maximum absolute atomic E-state index is 10.4. The van der Waals surface area contributed by atoms with Gasteiger partial charge in [0, 0.05) is 12.4 Å². The summed E-state index contributed by atoms with van der Waals surface area (Å²) in [7, 11) is 0. The lowest BCUT2D eigenvalue weighted by atomic mass is 10.1. The molecule has 0 N–H and O–H groups in total. The fourth-order valence-electron chi connectivity index (χ4n) is 1.77. The quantitative estimate of drug-likeness (QED) is 0.345. The Kier molecular flexibility index (Phi) is 15.0. The molecular formula is C15H30O2S. The molecule has 0 aliphatic carbocycles. The maximum Gasteiger partial charge on any atom is 0.132 e. The average Bonchev–Trinajstić information content (AvgIpc) is 2.39. The van der Waals surface area contributed by atoms with E-state index in [9.17, 15) is 4.79 Å². The lowest BCUT2D eigenvalue weighted by molar-refractivity contribution is -0.107. The van der Waals surface area contributed by atoms with Gasteiger partial charge in [-0.3, -0.25) is 0 Å². The molecule has 0 rings (SSSR count). The van der Waals surface area contributed by atoms with Crippen molar-refractivity contribution in [2.45, 2.75) is 70.5 Å². The first kappa shape index (κ1) is 18.0. The zero-order valence-electron chi connectivity index (χ0n) is 12.2. The minimum Gasteiger partial charge on any atom is -0.381 e. The van der Waals surface area contributed by atoms with Crippen LogP contribution in [0.1, 0.15) is 65.2 Å². The van der Waals surface area contributed by atoms with Crippen LogP contribution in [0.2, 0.25) is 0 Å². The predicted octanol–water partition coefficient (Wildman–Crippen LogP) is 4.46. The monoisotopic (exact) mass is 274 g/mol. The van der Waals surface area contributed by atoms with Crippen LogP contribution in [0, 0.1) is 0 Å². The van der Waals surface area contributed by atoms with E-state index >= 15 is 0 Å². The van der Waals surface area contributed by atoms with Crippen molar-refractivity contribution in [2.24, 2.45) is 0 Å². The van der Waals surface area contributed by atoms with E-state index in [4.69, 9.17) is 4.74 Å². The van der Waals surface area contributed by atoms with Crippen molar-refractivity contribution in [1.29, 1.82) is 0 Å². The number of thioether (sulfide) groups is 1. The summed E-state index contributed by atoms with van der Waals surface area (Å²) in [6.45, 7) is 5.84. The minimum absolute atomic E-state index is 0.108. The van der Waals surface area contributed by atoms with Crippen molar-refractivity contribution in [2.75, 3.05) is 19.0 Å². The van der Waals surface area contributed by atoms with Gasteiger partial charge >= 0.3 is 0 Å². The van der Waals surface area contributed by atoms with E-state index in [0.29, 0.717) is 0 Å². The van der Waals surface area contributed by atoms with Gasteiger partial charge < -0.3 is 9.53 Å². The highest BCUT2D eigenvalue weighted by atomic mass is 32.2. The number of rotatable bonds is 14. The van der Waals surface area contributed by atoms with Gasteiger partial charge in [0.2, 0.25) is 0 Å². The van der Waals surface area contributed by atoms with Crippen molar-refractivity contribution in [1.82, 2.24) is 0 Å². The number of ether oxygens (including phenoxy) is 1. The van der Waals surface area contributed by atoms with E-state index in [1.807, 2.05) is 6.92 Å². The Morgan fingerprint density at radius 2 is 1.61 bits per heavy atom. The van der Waals surface area contributed by atoms with Crippen molar-refractivity contribution in [3.63, 3.8) is 0 Å². The van der Waals surface area contributed by atoms with Crippen LogP contribution in [0.3, 0.4) is 0 Å². The van der Waals surface area contributed by atoms with Crippen LogP contribution in [0.5, 0.6) is 0 Å². The maximum atomic E-state index is 10.4. The first-order valence-corrected chi connectivity index (χ1v) is 8.50. The number of carbonyl (C=O) groups is 1. The summed E-state index contributed by atoms with van der Waals surface area (Å²) in [5.74, 6) is 0.928. The van der Waals surface area contributed by atoms with Crippen molar-refractivity contribution in [3.8, 4) is 0 Å². The largest absolute Gasteiger partial charge is 0.381 e. The van der Waals surface area contributed by atoms with E-state index in [1.54, 1.807) is 11.8 Å². The van der Waals surface area contributed by atoms with Crippen LogP contribution >= 0.6 is 11.8 Å². The van der Waals surface area contributed by atoms with Gasteiger partial charge in [0.1, 0.15) is 6.29 Å². The zero-order chi connectivity index (χ0) is 13.5. The Balaban J connectivity index is 2.96. The molecule has 0 fully saturated rings. The Morgan fingerprint density at radius 1 is 1.00 bits per heavy atom. The molecule has 0 aliphatic rings. The average molecular weight is 274 g/mol. The van der Waals surface area contributed by atoms with E-state index in [0.717, 1.165) is 25.3 Å². The van der Waals surface area contributed by atoms with Gasteiger partial charge in [-0.15, -0.1) is 11.8 Å². The summed E-state index contributed by atoms with van der Waals surface area (Å²) in [6.07, 6.45) is 11.7. The molecule has 0 saturated carbocycles. The van der Waals surface area contributed by atoms with Gasteiger partial charge in [-0.2, -0.15) is 0 Å². The van der Waals surface area contributed by atoms with Crippen LogP contribution in [0.25, 0.3) is 0 Å². The van der Waals surface area contributed by atoms with E-state index in [-0.39, 0.29) is 5.25 Å². The highest BCUT2D eigenvalue weighted by Crippen LogP contribution is 2.09. The third-order valence-electron chi connectivity index (χ3n) is 2.94. The molecule has 0 aromatic rings. The number of carbonyl (C=O) groups excluding carboxylic acids is 1. The molecule has 0 saturated heterocycles. The minimum atomic E-state index is 0.108. The van der Waals surface area contributed by atoms with Gasteiger partial charge in [0.15, 0.2) is 0 Å². The molecule has 0 aliphatic heterocycles. The van der Waals surface area contributed by atoms with Gasteiger partial charge in [-0.25, -0.2) is 0 Å². The lowest BCUT2D eigenvalue weighted by Gasteiger charge is -2.05. The smallest absolute Gasteiger partial charge is 0.132 e. The van der Waals surface area contributed by atoms with Gasteiger partial charge in [-0.05, 0) is 13.3 Å². The highest BCUT2D eigenvalue weighted by molar-refractivity contribution is 8.00. The second-order valence-corrected chi connectivity index (χ2v) is 6.28. The Labute approximate surface area is 117 Å². The van der Waals surface area contributed by atoms with Crippen LogP contribution in [0.15, 0.2) is 0 Å². The third kappa shape index (κ3) is 14.0. The summed E-state index contributed by atoms with van der Waals surface area (Å²) in [4.78, 5) is 10.4. The van der Waals surface area contributed by atoms with Crippen LogP contribution in [0.4, 0.5) is 0 Å². The normalized spacial score (nSPS) is 12.6. The van der Waals surface area contributed by atoms with Gasteiger partial charge in [0.25, 0.3) is 0 Å². The summed E-state index contributed by atoms with van der Waals surface area (Å²) in [5.41, 5.74) is 0. The van der Waals surface area contributed by atoms with Crippen molar-refractivity contribution >= 4 is 18.0 Å². The molecule has 0 heterocycles. The Hall–Kier alpha value is -0.0200. The molecule has 0 bridgehead atoms. The number of aldehydes is 1. The summed E-state index contributed by atoms with van der Waals surface area (Å²) in [6, 6.07) is 0. The lowest BCUT2D eigenvalue weighted by Crippen LogP contribution is -2.04. The second kappa shape index (κ2) is 15.0. The molecule has 0 amide bonds. The van der Waals surface area contributed by atoms with Crippen LogP contribution in [-0.2, 0) is 9.53 Å². The summed E-state index contributed by atoms with van der Waals surface area (Å²) >= 11 is 1.66. The van der Waals surface area contributed by atoms with Gasteiger partial charge in [0.05, 0.1) is 11.9 Å². The molecule has 0 aromatic heterocycles. The molecule has 1 atom stereocenters. The van der Waals surface area contributed by atoms with Crippen LogP contribution in [-0.4, -0.2) is 30.5 Å². The second-order valence-electron chi connectivity index (χ2n) is 4.80. The molecular weight excluding hydrogens is 244 g/mol. The number of hydrogen-bond donors (Lipinski definition) is 0. The third-order valence-corrected chi connectivity index (χ3v) is 3.98. The fourth-order valence-corrected chi connectivity index (χ4v) is 2.44. The molecule has 2 nitrogen and oxygen atoms in total. The topological polar surface area (TPSA) is 26.3 Å². The molecule has 18 heavy (non-hydrogen) atoms. The summed E-state index contributed by atoms with van der Waals surface area (Å²) in [5, 5.41) is 0.108. The molecule has 0 radical (unpaired) electrons. The highest BCUT2D eigenvalue weighted by Gasteiger charge is 1.98. The zero-order valence-corrected chi connectivity index (χ0v) is 13.0. The Bertz CT molecular complexity index is 174. The molecule has 0 aromatic carbocycles. The van der Waals surface area contributed by atoms with Crippen molar-refractivity contribution < 1.29 is 9.53 Å². The van der Waals surface area contributed by atoms with Crippen LogP contribution < -0.4 is 0 Å². The first-order valence-electron chi connectivity index (χ1n) is 7.46. The van der Waals surface area contributed by atoms with Gasteiger partial charge in [-0.1, -0.05) is 51.9 Å². The fraction of sp³-hybridized carbons (Fsp3) is 0.933. The number of hydrogen-bond acceptors (Lipinski definition) is 3. The SMILES string of the molecule is CCCCCCCCCCOCCSC(C)C=O. The van der Waals surface area contributed by atoms with E-state index < -0.39 is 0 Å². The molecule has 1 unspecified atom stereocenters.